The van der Waals surface area contributed by atoms with Crippen LogP contribution in [-0.4, -0.2) is 72.1 Å². The molecule has 2 radical (unpaired) electrons. The van der Waals surface area contributed by atoms with Gasteiger partial charge in [0.05, 0.1) is 38.6 Å². The molecule has 1 aliphatic rings. The van der Waals surface area contributed by atoms with Gasteiger partial charge >= 0.3 is 23.5 Å². The molecule has 5 atom stereocenters. The Morgan fingerprint density at radius 2 is 1.36 bits per heavy atom. The van der Waals surface area contributed by atoms with Gasteiger partial charge in [0.2, 0.25) is 0 Å². The predicted molar refractivity (Wildman–Crippen MR) is 94.3 cm³/mol. The Morgan fingerprint density at radius 1 is 0.893 bits per heavy atom. The molecule has 0 aromatic rings. The van der Waals surface area contributed by atoms with Crippen LogP contribution in [0.3, 0.4) is 0 Å². The molecule has 28 heavy (non-hydrogen) atoms. The minimum absolute atomic E-state index is 0.0145. The van der Waals surface area contributed by atoms with Gasteiger partial charge in [0.15, 0.2) is 0 Å². The monoisotopic (exact) mass is 468 g/mol. The quantitative estimate of drug-likeness (QED) is 0.160. The van der Waals surface area contributed by atoms with Gasteiger partial charge in [-0.3, -0.25) is 22.6 Å². The highest BCUT2D eigenvalue weighted by Crippen LogP contribution is 2.47. The van der Waals surface area contributed by atoms with Crippen molar-refractivity contribution in [1.82, 2.24) is 0 Å². The topological polar surface area (TPSA) is 188 Å². The maximum Gasteiger partial charge on any atom is 0.472 e. The van der Waals surface area contributed by atoms with Crippen molar-refractivity contribution in [2.24, 2.45) is 0 Å². The van der Waals surface area contributed by atoms with Crippen molar-refractivity contribution < 1.29 is 60.6 Å². The van der Waals surface area contributed by atoms with E-state index in [2.05, 4.69) is 13.6 Å². The molecule has 0 bridgehead atoms. The zero-order chi connectivity index (χ0) is 21.4. The molecular formula is C11H24BO13P3. The Morgan fingerprint density at radius 3 is 1.79 bits per heavy atom. The molecule has 0 aliphatic carbocycles. The average molecular weight is 468 g/mol. The van der Waals surface area contributed by atoms with E-state index in [0.717, 1.165) is 0 Å². The number of phosphoric ester groups is 3. The van der Waals surface area contributed by atoms with E-state index >= 15 is 0 Å². The molecule has 1 saturated heterocycles. The fourth-order valence-corrected chi connectivity index (χ4v) is 4.23. The Bertz CT molecular complexity index is 613. The van der Waals surface area contributed by atoms with E-state index in [1.165, 1.54) is 0 Å². The van der Waals surface area contributed by atoms with Gasteiger partial charge in [-0.05, 0) is 26.2 Å². The van der Waals surface area contributed by atoms with Gasteiger partial charge in [-0.2, -0.15) is 0 Å². The lowest BCUT2D eigenvalue weighted by Gasteiger charge is -2.19. The molecule has 0 aromatic heterocycles. The van der Waals surface area contributed by atoms with Crippen LogP contribution >= 0.6 is 23.5 Å². The van der Waals surface area contributed by atoms with Crippen LogP contribution in [0.4, 0.5) is 0 Å². The largest absolute Gasteiger partial charge is 0.472 e. The first-order valence-electron chi connectivity index (χ1n) is 8.18. The summed E-state index contributed by atoms with van der Waals surface area (Å²) in [4.78, 5) is 35.9. The summed E-state index contributed by atoms with van der Waals surface area (Å²) in [6.07, 6.45) is -0.989. The standard InChI is InChI=1S/C11H24BO13P3/c1-9-10(8-11(12)24-9)25-28(18,19)23-7-3-6-22-27(16,17)21-5-2-4-20-26(13,14)15/h9-11H,2-8H2,1H3,(H,16,17)(H,18,19)(H2,13,14,15). The zero-order valence-electron chi connectivity index (χ0n) is 15.1. The van der Waals surface area contributed by atoms with E-state index in [4.69, 9.17) is 31.4 Å². The number of hydrogen-bond donors (Lipinski definition) is 4. The Hall–Kier alpha value is 0.355. The second-order valence-corrected chi connectivity index (χ2v) is 9.83. The van der Waals surface area contributed by atoms with Crippen LogP contribution in [0.5, 0.6) is 0 Å². The third kappa shape index (κ3) is 12.1. The minimum Gasteiger partial charge on any atom is -0.382 e. The van der Waals surface area contributed by atoms with Gasteiger partial charge in [0.1, 0.15) is 7.85 Å². The lowest BCUT2D eigenvalue weighted by Crippen LogP contribution is -2.20. The highest BCUT2D eigenvalue weighted by atomic mass is 31.2. The van der Waals surface area contributed by atoms with E-state index in [-0.39, 0.29) is 45.7 Å². The predicted octanol–water partition coefficient (Wildman–Crippen LogP) is 0.815. The second-order valence-electron chi connectivity index (χ2n) is 5.73. The van der Waals surface area contributed by atoms with Gasteiger partial charge in [-0.25, -0.2) is 13.7 Å². The first-order chi connectivity index (χ1) is 12.8. The van der Waals surface area contributed by atoms with Crippen LogP contribution in [0.15, 0.2) is 0 Å². The third-order valence-electron chi connectivity index (χ3n) is 3.25. The number of phosphoric acid groups is 3. The van der Waals surface area contributed by atoms with Crippen molar-refractivity contribution in [1.29, 1.82) is 0 Å². The summed E-state index contributed by atoms with van der Waals surface area (Å²) in [5.41, 5.74) is 0. The van der Waals surface area contributed by atoms with Crippen LogP contribution in [0.2, 0.25) is 0 Å². The van der Waals surface area contributed by atoms with Crippen LogP contribution in [-0.2, 0) is 41.1 Å². The highest BCUT2D eigenvalue weighted by molar-refractivity contribution is 7.47. The molecule has 4 N–H and O–H groups in total. The molecule has 1 heterocycles. The molecule has 13 nitrogen and oxygen atoms in total. The molecule has 1 rings (SSSR count). The molecule has 0 saturated carbocycles. The van der Waals surface area contributed by atoms with E-state index in [1.54, 1.807) is 6.92 Å². The summed E-state index contributed by atoms with van der Waals surface area (Å²) in [7, 11) is -7.80. The minimum atomic E-state index is -4.60. The summed E-state index contributed by atoms with van der Waals surface area (Å²) in [6, 6.07) is -0.588. The molecule has 1 aliphatic heterocycles. The van der Waals surface area contributed by atoms with Crippen LogP contribution in [0.25, 0.3) is 0 Å². The molecule has 5 unspecified atom stereocenters. The summed E-state index contributed by atoms with van der Waals surface area (Å²) in [6.45, 7) is 0.314. The van der Waals surface area contributed by atoms with Gasteiger partial charge in [-0.1, -0.05) is 0 Å². The Labute approximate surface area is 163 Å². The smallest absolute Gasteiger partial charge is 0.382 e. The normalized spacial score (nSPS) is 27.4. The zero-order valence-corrected chi connectivity index (χ0v) is 17.7. The van der Waals surface area contributed by atoms with Gasteiger partial charge in [0, 0.05) is 6.00 Å². The molecule has 17 heteroatoms. The SMILES string of the molecule is [B]C1CC(OP(=O)(O)OCCCOP(=O)(O)OCCCOP(=O)(O)O)C(C)O1. The summed E-state index contributed by atoms with van der Waals surface area (Å²) in [5.74, 6) is 0. The number of hydrogen-bond acceptors (Lipinski definition) is 9. The summed E-state index contributed by atoms with van der Waals surface area (Å²) >= 11 is 0. The van der Waals surface area contributed by atoms with Crippen LogP contribution in [0.1, 0.15) is 26.2 Å². The fraction of sp³-hybridized carbons (Fsp3) is 1.00. The second kappa shape index (κ2) is 11.7. The van der Waals surface area contributed by atoms with E-state index in [1.807, 2.05) is 0 Å². The van der Waals surface area contributed by atoms with Crippen molar-refractivity contribution in [2.75, 3.05) is 26.4 Å². The molecule has 0 spiro atoms. The highest BCUT2D eigenvalue weighted by Gasteiger charge is 2.36. The summed E-state index contributed by atoms with van der Waals surface area (Å²) in [5, 5.41) is 0. The fourth-order valence-electron chi connectivity index (χ4n) is 2.05. The van der Waals surface area contributed by atoms with Gasteiger partial charge < -0.3 is 24.3 Å². The van der Waals surface area contributed by atoms with E-state index in [9.17, 15) is 23.5 Å². The Balaban J connectivity index is 2.15. The third-order valence-corrected chi connectivity index (χ3v) is 5.83. The molecule has 0 aromatic carbocycles. The average Bonchev–Trinajstić information content (AvgIpc) is 2.82. The van der Waals surface area contributed by atoms with E-state index in [0.29, 0.717) is 0 Å². The first-order valence-corrected chi connectivity index (χ1v) is 12.7. The summed E-state index contributed by atoms with van der Waals surface area (Å²) < 4.78 is 62.0. The lowest BCUT2D eigenvalue weighted by atomic mass is 9.96. The molecular weight excluding hydrogens is 444 g/mol. The van der Waals surface area contributed by atoms with Gasteiger partial charge in [-0.15, -0.1) is 0 Å². The molecule has 164 valence electrons. The lowest BCUT2D eigenvalue weighted by molar-refractivity contribution is 0.0341. The maximum absolute atomic E-state index is 11.8. The first kappa shape index (κ1) is 26.4. The number of ether oxygens (including phenoxy) is 1. The van der Waals surface area contributed by atoms with Gasteiger partial charge in [0.25, 0.3) is 0 Å². The van der Waals surface area contributed by atoms with Crippen molar-refractivity contribution in [3.8, 4) is 0 Å². The van der Waals surface area contributed by atoms with Crippen LogP contribution in [0, 0.1) is 0 Å². The van der Waals surface area contributed by atoms with Crippen LogP contribution < -0.4 is 0 Å². The number of rotatable bonds is 14. The van der Waals surface area contributed by atoms with Crippen molar-refractivity contribution >= 4 is 31.3 Å². The van der Waals surface area contributed by atoms with E-state index < -0.39 is 41.7 Å². The molecule has 1 fully saturated rings. The van der Waals surface area contributed by atoms with Crippen molar-refractivity contribution in [2.45, 2.75) is 44.4 Å². The Kier molecular flexibility index (Phi) is 11.0. The van der Waals surface area contributed by atoms with Crippen molar-refractivity contribution in [3.63, 3.8) is 0 Å². The molecule has 0 amide bonds. The van der Waals surface area contributed by atoms with Crippen molar-refractivity contribution in [3.05, 3.63) is 0 Å². The maximum atomic E-state index is 11.8.